The highest BCUT2D eigenvalue weighted by atomic mass is 35.5. The van der Waals surface area contributed by atoms with E-state index in [-0.39, 0.29) is 11.2 Å². The van der Waals surface area contributed by atoms with Gasteiger partial charge in [-0.05, 0) is 43.3 Å². The second-order valence-electron chi connectivity index (χ2n) is 7.18. The molecule has 164 valence electrons. The van der Waals surface area contributed by atoms with Gasteiger partial charge in [-0.25, -0.2) is 14.4 Å². The molecule has 5 rings (SSSR count). The topological polar surface area (TPSA) is 47.6 Å². The average molecular weight is 477 g/mol. The number of para-hydroxylation sites is 2. The van der Waals surface area contributed by atoms with E-state index in [1.54, 1.807) is 18.2 Å². The molecule has 0 unspecified atom stereocenters. The molecule has 3 aromatic carbocycles. The minimum Gasteiger partial charge on any atom is -0.490 e. The first-order valence-corrected chi connectivity index (χ1v) is 11.6. The number of hydrogen-bond donors (Lipinski definition) is 0. The molecule has 0 N–H and O–H groups in total. The fourth-order valence-electron chi connectivity index (χ4n) is 3.43. The molecule has 0 amide bonds. The van der Waals surface area contributed by atoms with E-state index in [9.17, 15) is 4.39 Å². The number of benzene rings is 3. The maximum atomic E-state index is 14.4. The summed E-state index contributed by atoms with van der Waals surface area (Å²) in [4.78, 5) is 9.32. The lowest BCUT2D eigenvalue weighted by Gasteiger charge is -2.08. The number of nitrogens with zero attached hydrogens (tertiary/aromatic N) is 2. The fourth-order valence-corrected chi connectivity index (χ4v) is 4.39. The maximum absolute atomic E-state index is 14.4. The van der Waals surface area contributed by atoms with Crippen molar-refractivity contribution in [3.63, 3.8) is 0 Å². The summed E-state index contributed by atoms with van der Waals surface area (Å²) in [6, 6.07) is 21.5. The molecular weight excluding hydrogens is 459 g/mol. The van der Waals surface area contributed by atoms with Crippen molar-refractivity contribution in [1.29, 1.82) is 0 Å². The summed E-state index contributed by atoms with van der Waals surface area (Å²) in [5, 5.41) is 4.18. The highest BCUT2D eigenvalue weighted by Gasteiger charge is 2.15. The van der Waals surface area contributed by atoms with E-state index in [0.717, 1.165) is 16.6 Å². The van der Waals surface area contributed by atoms with Gasteiger partial charge < -0.3 is 9.15 Å². The zero-order valence-electron chi connectivity index (χ0n) is 17.6. The van der Waals surface area contributed by atoms with Crippen LogP contribution in [0.2, 0.25) is 5.02 Å². The molecule has 0 spiro atoms. The number of fused-ring (bicyclic) bond motifs is 1. The molecule has 0 bridgehead atoms. The summed E-state index contributed by atoms with van der Waals surface area (Å²) < 4.78 is 26.3. The van der Waals surface area contributed by atoms with E-state index < -0.39 is 5.82 Å². The molecule has 2 heterocycles. The predicted octanol–water partition coefficient (Wildman–Crippen LogP) is 7.65. The first-order chi connectivity index (χ1) is 16.1. The summed E-state index contributed by atoms with van der Waals surface area (Å²) in [5.74, 6) is 0.172. The molecule has 0 saturated heterocycles. The Labute approximate surface area is 198 Å². The first-order valence-electron chi connectivity index (χ1n) is 10.3. The minimum absolute atomic E-state index is 0.185. The van der Waals surface area contributed by atoms with Crippen LogP contribution >= 0.6 is 22.9 Å². The second kappa shape index (κ2) is 9.17. The van der Waals surface area contributed by atoms with Crippen LogP contribution in [0.3, 0.4) is 0 Å². The van der Waals surface area contributed by atoms with Gasteiger partial charge in [-0.15, -0.1) is 11.3 Å². The third-order valence-electron chi connectivity index (χ3n) is 4.99. The largest absolute Gasteiger partial charge is 0.490 e. The summed E-state index contributed by atoms with van der Waals surface area (Å²) in [6.07, 6.45) is 0. The van der Waals surface area contributed by atoms with Crippen LogP contribution in [0.15, 0.2) is 87.6 Å². The Hall–Kier alpha value is -3.48. The molecule has 4 nitrogen and oxygen atoms in total. The molecular formula is C26H18ClFN2O2S. The number of halogens is 2. The zero-order valence-corrected chi connectivity index (χ0v) is 19.2. The monoisotopic (exact) mass is 476 g/mol. The number of aromatic nitrogens is 1. The number of thiazole rings is 1. The van der Waals surface area contributed by atoms with Gasteiger partial charge in [0, 0.05) is 21.4 Å². The van der Waals surface area contributed by atoms with E-state index >= 15 is 0 Å². The quantitative estimate of drug-likeness (QED) is 0.262. The Bertz CT molecular complexity index is 1510. The third kappa shape index (κ3) is 4.40. The summed E-state index contributed by atoms with van der Waals surface area (Å²) in [7, 11) is 0. The van der Waals surface area contributed by atoms with E-state index in [0.29, 0.717) is 33.5 Å². The number of rotatable bonds is 5. The van der Waals surface area contributed by atoms with Crippen molar-refractivity contribution in [2.24, 2.45) is 4.99 Å². The molecule has 0 aliphatic carbocycles. The van der Waals surface area contributed by atoms with Gasteiger partial charge in [0.15, 0.2) is 11.3 Å². The van der Waals surface area contributed by atoms with Crippen molar-refractivity contribution < 1.29 is 13.5 Å². The Balaban J connectivity index is 1.72. The van der Waals surface area contributed by atoms with Crippen molar-refractivity contribution in [1.82, 2.24) is 4.98 Å². The highest BCUT2D eigenvalue weighted by Crippen LogP contribution is 2.32. The zero-order chi connectivity index (χ0) is 22.8. The van der Waals surface area contributed by atoms with Crippen LogP contribution in [0.1, 0.15) is 6.92 Å². The van der Waals surface area contributed by atoms with Gasteiger partial charge in [0.2, 0.25) is 5.55 Å². The Morgan fingerprint density at radius 2 is 1.88 bits per heavy atom. The molecule has 0 atom stereocenters. The van der Waals surface area contributed by atoms with Crippen molar-refractivity contribution >= 4 is 39.6 Å². The molecule has 0 fully saturated rings. The van der Waals surface area contributed by atoms with Crippen LogP contribution in [0, 0.1) is 5.82 Å². The Morgan fingerprint density at radius 1 is 1.06 bits per heavy atom. The van der Waals surface area contributed by atoms with Crippen LogP contribution < -0.4 is 10.3 Å². The second-order valence-corrected chi connectivity index (χ2v) is 8.48. The van der Waals surface area contributed by atoms with Gasteiger partial charge in [0.05, 0.1) is 17.9 Å². The average Bonchev–Trinajstić information content (AvgIpc) is 3.31. The van der Waals surface area contributed by atoms with E-state index in [2.05, 4.69) is 4.99 Å². The lowest BCUT2D eigenvalue weighted by atomic mass is 10.1. The van der Waals surface area contributed by atoms with Crippen LogP contribution in [-0.4, -0.2) is 11.6 Å². The molecule has 0 saturated carbocycles. The molecule has 0 radical (unpaired) electrons. The third-order valence-corrected chi connectivity index (χ3v) is 6.11. The van der Waals surface area contributed by atoms with Gasteiger partial charge in [-0.2, -0.15) is 0 Å². The first kappa shape index (κ1) is 21.4. The van der Waals surface area contributed by atoms with Gasteiger partial charge in [0.1, 0.15) is 16.5 Å². The summed E-state index contributed by atoms with van der Waals surface area (Å²) >= 11 is 7.48. The fraction of sp³-hybridized carbons (Fsp3) is 0.0769. The van der Waals surface area contributed by atoms with E-state index in [4.69, 9.17) is 25.7 Å². The summed E-state index contributed by atoms with van der Waals surface area (Å²) in [5.41, 5.74) is 3.43. The molecule has 2 aromatic heterocycles. The van der Waals surface area contributed by atoms with Crippen molar-refractivity contribution in [2.75, 3.05) is 6.61 Å². The van der Waals surface area contributed by atoms with E-state index in [1.807, 2.05) is 60.8 Å². The van der Waals surface area contributed by atoms with Crippen molar-refractivity contribution in [2.45, 2.75) is 6.92 Å². The molecule has 0 aliphatic heterocycles. The van der Waals surface area contributed by atoms with Crippen molar-refractivity contribution in [3.05, 3.63) is 94.6 Å². The van der Waals surface area contributed by atoms with Crippen LogP contribution in [0.25, 0.3) is 32.8 Å². The molecule has 7 heteroatoms. The Kier molecular flexibility index (Phi) is 5.94. The standard InChI is InChI=1S/C26H18ClFN2O2S/c1-2-31-23-9-5-6-17-14-19(25(32-24(17)23)29-21-8-4-3-7-20(21)28)26-30-22(15-33-26)16-10-12-18(27)13-11-16/h3-15H,2H2,1H3. The molecule has 33 heavy (non-hydrogen) atoms. The maximum Gasteiger partial charge on any atom is 0.230 e. The van der Waals surface area contributed by atoms with Gasteiger partial charge in [-0.3, -0.25) is 0 Å². The predicted molar refractivity (Wildman–Crippen MR) is 131 cm³/mol. The smallest absolute Gasteiger partial charge is 0.230 e. The lowest BCUT2D eigenvalue weighted by Crippen LogP contribution is -2.06. The van der Waals surface area contributed by atoms with Crippen LogP contribution in [0.4, 0.5) is 10.1 Å². The van der Waals surface area contributed by atoms with Crippen molar-refractivity contribution in [3.8, 4) is 27.6 Å². The van der Waals surface area contributed by atoms with E-state index in [1.165, 1.54) is 17.4 Å². The lowest BCUT2D eigenvalue weighted by molar-refractivity contribution is 0.337. The van der Waals surface area contributed by atoms with Gasteiger partial charge in [0.25, 0.3) is 0 Å². The minimum atomic E-state index is -0.433. The van der Waals surface area contributed by atoms with Crippen LogP contribution in [0.5, 0.6) is 5.75 Å². The number of ether oxygens (including phenoxy) is 1. The highest BCUT2D eigenvalue weighted by molar-refractivity contribution is 7.13. The Morgan fingerprint density at radius 3 is 2.67 bits per heavy atom. The molecule has 0 aliphatic rings. The molecule has 5 aromatic rings. The van der Waals surface area contributed by atoms with Gasteiger partial charge >= 0.3 is 0 Å². The summed E-state index contributed by atoms with van der Waals surface area (Å²) in [6.45, 7) is 2.40. The SMILES string of the molecule is CCOc1cccc2cc(-c3nc(-c4ccc(Cl)cc4)cs3)c(=Nc3ccccc3F)oc12. The normalized spacial score (nSPS) is 11.8. The number of hydrogen-bond acceptors (Lipinski definition) is 5. The van der Waals surface area contributed by atoms with Gasteiger partial charge in [-0.1, -0.05) is 48.0 Å². The van der Waals surface area contributed by atoms with Crippen LogP contribution in [-0.2, 0) is 0 Å².